The average molecular weight is 439 g/mol. The molecule has 0 fully saturated rings. The summed E-state index contributed by atoms with van der Waals surface area (Å²) in [5.74, 6) is -1.15. The first-order valence-electron chi connectivity index (χ1n) is 9.37. The monoisotopic (exact) mass is 438 g/mol. The number of amides is 1. The summed E-state index contributed by atoms with van der Waals surface area (Å²) in [6, 6.07) is 17.8. The van der Waals surface area contributed by atoms with E-state index in [1.165, 1.54) is 0 Å². The van der Waals surface area contributed by atoms with Gasteiger partial charge in [0.05, 0.1) is 21.8 Å². The van der Waals surface area contributed by atoms with Crippen LogP contribution in [0.4, 0.5) is 0 Å². The Morgan fingerprint density at radius 1 is 1.10 bits per heavy atom. The fourth-order valence-electron chi connectivity index (χ4n) is 3.38. The van der Waals surface area contributed by atoms with Gasteiger partial charge in [-0.2, -0.15) is 0 Å². The largest absolute Gasteiger partial charge is 0.478 e. The zero-order valence-corrected chi connectivity index (χ0v) is 17.7. The minimum atomic E-state index is -0.974. The number of fused-ring (bicyclic) bond motifs is 1. The molecule has 0 bridgehead atoms. The van der Waals surface area contributed by atoms with Crippen molar-refractivity contribution >= 4 is 45.0 Å². The molecule has 4 rings (SSSR count). The number of hydrogen-bond donors (Lipinski definition) is 2. The van der Waals surface area contributed by atoms with Gasteiger partial charge in [-0.05, 0) is 59.8 Å². The van der Waals surface area contributed by atoms with Crippen LogP contribution in [-0.2, 0) is 6.54 Å². The van der Waals surface area contributed by atoms with Gasteiger partial charge in [-0.1, -0.05) is 35.9 Å². The summed E-state index contributed by atoms with van der Waals surface area (Å²) in [5.41, 5.74) is 3.70. The maximum absolute atomic E-state index is 13.1. The van der Waals surface area contributed by atoms with Gasteiger partial charge in [0.2, 0.25) is 0 Å². The normalized spacial score (nSPS) is 12.1. The molecule has 0 unspecified atom stereocenters. The summed E-state index contributed by atoms with van der Waals surface area (Å²) in [5, 5.41) is 14.8. The number of aromatic carboxylic acids is 1. The third-order valence-electron chi connectivity index (χ3n) is 5.01. The van der Waals surface area contributed by atoms with Gasteiger partial charge in [0, 0.05) is 11.6 Å². The molecule has 0 spiro atoms. The second-order valence-electron chi connectivity index (χ2n) is 7.03. The lowest BCUT2D eigenvalue weighted by atomic mass is 10.1. The van der Waals surface area contributed by atoms with Crippen molar-refractivity contribution in [2.24, 2.45) is 0 Å². The predicted octanol–water partition coefficient (Wildman–Crippen LogP) is 5.59. The number of carboxylic acid groups (broad SMARTS) is 1. The Morgan fingerprint density at radius 3 is 2.47 bits per heavy atom. The molecule has 152 valence electrons. The third-order valence-corrected chi connectivity index (χ3v) is 6.12. The standard InChI is InChI=1S/C23H19ClN2O3S/c1-14(16-4-6-17(7-5-16)23(28)29)25-22(27)20-12-21-19(10-11-30-21)26(20)13-15-2-8-18(24)9-3-15/h2-12,14H,13H2,1H3,(H,25,27)(H,28,29)/t14-/m0/s1. The Morgan fingerprint density at radius 2 is 1.80 bits per heavy atom. The first kappa shape index (κ1) is 20.2. The van der Waals surface area contributed by atoms with Crippen molar-refractivity contribution in [2.75, 3.05) is 0 Å². The molecule has 0 aliphatic heterocycles. The van der Waals surface area contributed by atoms with E-state index in [1.54, 1.807) is 35.6 Å². The van der Waals surface area contributed by atoms with Gasteiger partial charge in [0.25, 0.3) is 5.91 Å². The molecule has 2 aromatic carbocycles. The molecule has 0 saturated heterocycles. The first-order chi connectivity index (χ1) is 14.4. The molecule has 4 aromatic rings. The van der Waals surface area contributed by atoms with Crippen LogP contribution in [0, 0.1) is 0 Å². The van der Waals surface area contributed by atoms with Gasteiger partial charge in [-0.15, -0.1) is 11.3 Å². The van der Waals surface area contributed by atoms with Crippen molar-refractivity contribution in [3.63, 3.8) is 0 Å². The molecule has 0 aliphatic carbocycles. The summed E-state index contributed by atoms with van der Waals surface area (Å²) in [6.45, 7) is 2.43. The molecule has 2 heterocycles. The number of nitrogens with one attached hydrogen (secondary N) is 1. The summed E-state index contributed by atoms with van der Waals surface area (Å²) in [4.78, 5) is 24.1. The number of aromatic nitrogens is 1. The van der Waals surface area contributed by atoms with Crippen LogP contribution in [0.1, 0.15) is 44.9 Å². The SMILES string of the molecule is C[C@H](NC(=O)c1cc2sccc2n1Cc1ccc(Cl)cc1)c1ccc(C(=O)O)cc1. The van der Waals surface area contributed by atoms with Gasteiger partial charge in [0.15, 0.2) is 0 Å². The highest BCUT2D eigenvalue weighted by Crippen LogP contribution is 2.27. The van der Waals surface area contributed by atoms with E-state index in [0.29, 0.717) is 17.3 Å². The van der Waals surface area contributed by atoms with Crippen LogP contribution in [-0.4, -0.2) is 21.6 Å². The number of carboxylic acids is 1. The Labute approximate surface area is 182 Å². The number of carbonyl (C=O) groups excluding carboxylic acids is 1. The quantitative estimate of drug-likeness (QED) is 0.412. The first-order valence-corrected chi connectivity index (χ1v) is 10.6. The molecule has 30 heavy (non-hydrogen) atoms. The van der Waals surface area contributed by atoms with Crippen LogP contribution in [0.2, 0.25) is 5.02 Å². The number of hydrogen-bond acceptors (Lipinski definition) is 3. The second-order valence-corrected chi connectivity index (χ2v) is 8.42. The zero-order chi connectivity index (χ0) is 21.3. The molecular weight excluding hydrogens is 420 g/mol. The Hall–Kier alpha value is -3.09. The molecule has 0 aliphatic rings. The van der Waals surface area contributed by atoms with E-state index in [9.17, 15) is 9.59 Å². The van der Waals surface area contributed by atoms with Crippen LogP contribution in [0.15, 0.2) is 66.0 Å². The van der Waals surface area contributed by atoms with Gasteiger partial charge >= 0.3 is 5.97 Å². The lowest BCUT2D eigenvalue weighted by Crippen LogP contribution is -2.28. The van der Waals surface area contributed by atoms with Crippen LogP contribution < -0.4 is 5.32 Å². The van der Waals surface area contributed by atoms with E-state index in [4.69, 9.17) is 16.7 Å². The van der Waals surface area contributed by atoms with Crippen molar-refractivity contribution in [3.8, 4) is 0 Å². The van der Waals surface area contributed by atoms with Gasteiger partial charge in [0.1, 0.15) is 5.69 Å². The van der Waals surface area contributed by atoms with Gasteiger partial charge < -0.3 is 15.0 Å². The second kappa shape index (κ2) is 8.34. The van der Waals surface area contributed by atoms with Crippen LogP contribution in [0.25, 0.3) is 10.2 Å². The number of carbonyl (C=O) groups is 2. The van der Waals surface area contributed by atoms with E-state index in [-0.39, 0.29) is 17.5 Å². The minimum absolute atomic E-state index is 0.179. The maximum Gasteiger partial charge on any atom is 0.335 e. The van der Waals surface area contributed by atoms with Crippen molar-refractivity contribution in [1.29, 1.82) is 0 Å². The highest BCUT2D eigenvalue weighted by Gasteiger charge is 2.19. The number of thiophene rings is 1. The number of halogens is 1. The highest BCUT2D eigenvalue weighted by molar-refractivity contribution is 7.17. The number of benzene rings is 2. The molecule has 5 nitrogen and oxygen atoms in total. The number of rotatable bonds is 6. The van der Waals surface area contributed by atoms with Crippen LogP contribution >= 0.6 is 22.9 Å². The van der Waals surface area contributed by atoms with Crippen molar-refractivity contribution < 1.29 is 14.7 Å². The highest BCUT2D eigenvalue weighted by atomic mass is 35.5. The van der Waals surface area contributed by atoms with Crippen molar-refractivity contribution in [1.82, 2.24) is 9.88 Å². The summed E-state index contributed by atoms with van der Waals surface area (Å²) < 4.78 is 3.05. The number of nitrogens with zero attached hydrogens (tertiary/aromatic N) is 1. The van der Waals surface area contributed by atoms with Crippen LogP contribution in [0.5, 0.6) is 0 Å². The molecule has 1 amide bonds. The Kier molecular flexibility index (Phi) is 5.61. The summed E-state index contributed by atoms with van der Waals surface area (Å²) in [7, 11) is 0. The molecule has 1 atom stereocenters. The lowest BCUT2D eigenvalue weighted by molar-refractivity contribution is 0.0696. The summed E-state index contributed by atoms with van der Waals surface area (Å²) in [6.07, 6.45) is 0. The zero-order valence-electron chi connectivity index (χ0n) is 16.1. The lowest BCUT2D eigenvalue weighted by Gasteiger charge is -2.16. The van der Waals surface area contributed by atoms with Crippen LogP contribution in [0.3, 0.4) is 0 Å². The Bertz CT molecular complexity index is 1210. The van der Waals surface area contributed by atoms with E-state index in [1.807, 2.05) is 53.3 Å². The third kappa shape index (κ3) is 4.10. The molecule has 0 saturated carbocycles. The maximum atomic E-state index is 13.1. The Balaban J connectivity index is 1.59. The molecule has 2 N–H and O–H groups in total. The van der Waals surface area contributed by atoms with E-state index < -0.39 is 5.97 Å². The fraction of sp³-hybridized carbons (Fsp3) is 0.130. The fourth-order valence-corrected chi connectivity index (χ4v) is 4.32. The summed E-state index contributed by atoms with van der Waals surface area (Å²) >= 11 is 7.59. The topological polar surface area (TPSA) is 71.3 Å². The molecular formula is C23H19ClN2O3S. The molecule has 7 heteroatoms. The van der Waals surface area contributed by atoms with Gasteiger partial charge in [-0.3, -0.25) is 4.79 Å². The average Bonchev–Trinajstić information content (AvgIpc) is 3.32. The van der Waals surface area contributed by atoms with Gasteiger partial charge in [-0.25, -0.2) is 4.79 Å². The van der Waals surface area contributed by atoms with Crippen molar-refractivity contribution in [2.45, 2.75) is 19.5 Å². The van der Waals surface area contributed by atoms with E-state index >= 15 is 0 Å². The van der Waals surface area contributed by atoms with E-state index in [2.05, 4.69) is 5.32 Å². The molecule has 0 radical (unpaired) electrons. The molecule has 2 aromatic heterocycles. The predicted molar refractivity (Wildman–Crippen MR) is 120 cm³/mol. The van der Waals surface area contributed by atoms with E-state index in [0.717, 1.165) is 21.3 Å². The smallest absolute Gasteiger partial charge is 0.335 e. The minimum Gasteiger partial charge on any atom is -0.478 e. The van der Waals surface area contributed by atoms with Crippen molar-refractivity contribution in [3.05, 3.63) is 93.5 Å².